The van der Waals surface area contributed by atoms with Crippen LogP contribution in [0, 0.1) is 5.92 Å². The second kappa shape index (κ2) is 6.93. The van der Waals surface area contributed by atoms with Crippen LogP contribution in [-0.4, -0.2) is 53.6 Å². The van der Waals surface area contributed by atoms with Crippen LogP contribution in [0.25, 0.3) is 0 Å². The fourth-order valence-corrected chi connectivity index (χ4v) is 5.20. The summed E-state index contributed by atoms with van der Waals surface area (Å²) in [6, 6.07) is 10.7. The Hall–Kier alpha value is -1.46. The summed E-state index contributed by atoms with van der Waals surface area (Å²) in [6.45, 7) is 4.14. The van der Waals surface area contributed by atoms with Crippen molar-refractivity contribution in [3.8, 4) is 0 Å². The van der Waals surface area contributed by atoms with Crippen molar-refractivity contribution in [2.75, 3.05) is 26.2 Å². The number of allylic oxidation sites excluding steroid dienone is 2. The van der Waals surface area contributed by atoms with Crippen molar-refractivity contribution in [2.45, 2.75) is 44.2 Å². The highest BCUT2D eigenvalue weighted by molar-refractivity contribution is 5.44. The third-order valence-corrected chi connectivity index (χ3v) is 6.53. The van der Waals surface area contributed by atoms with Crippen molar-refractivity contribution in [1.29, 1.82) is 0 Å². The van der Waals surface area contributed by atoms with E-state index in [1.54, 1.807) is 0 Å². The van der Waals surface area contributed by atoms with E-state index < -0.39 is 6.41 Å². The van der Waals surface area contributed by atoms with Crippen LogP contribution in [0.15, 0.2) is 53.6 Å². The lowest BCUT2D eigenvalue weighted by Gasteiger charge is -2.43. The molecule has 3 saturated heterocycles. The lowest BCUT2D eigenvalue weighted by molar-refractivity contribution is -0.233. The number of hydrogen-bond donors (Lipinski definition) is 1. The molecule has 1 aromatic carbocycles. The van der Waals surface area contributed by atoms with Gasteiger partial charge in [-0.25, -0.2) is 4.90 Å². The van der Waals surface area contributed by atoms with Gasteiger partial charge in [-0.15, -0.1) is 0 Å². The van der Waals surface area contributed by atoms with Crippen LogP contribution in [0.3, 0.4) is 0 Å². The summed E-state index contributed by atoms with van der Waals surface area (Å²) in [4.78, 5) is 4.61. The Morgan fingerprint density at radius 2 is 1.88 bits per heavy atom. The maximum atomic E-state index is 11.0. The zero-order valence-electron chi connectivity index (χ0n) is 15.3. The molecule has 5 atom stereocenters. The maximum absolute atomic E-state index is 11.0. The highest BCUT2D eigenvalue weighted by Gasteiger charge is 2.42. The van der Waals surface area contributed by atoms with Crippen LogP contribution >= 0.6 is 0 Å². The molecule has 26 heavy (non-hydrogen) atoms. The first kappa shape index (κ1) is 16.7. The quantitative estimate of drug-likeness (QED) is 0.845. The number of aliphatic hydroxyl groups is 1. The second-order valence-electron chi connectivity index (χ2n) is 8.08. The highest BCUT2D eigenvalue weighted by Crippen LogP contribution is 2.42. The Labute approximate surface area is 155 Å². The number of likely N-dealkylation sites (tertiary alicyclic amines) is 1. The summed E-state index contributed by atoms with van der Waals surface area (Å²) in [6.07, 6.45) is 8.52. The molecule has 3 aliphatic heterocycles. The summed E-state index contributed by atoms with van der Waals surface area (Å²) in [5, 5.41) is 11.0. The first-order valence-corrected chi connectivity index (χ1v) is 10.1. The van der Waals surface area contributed by atoms with E-state index in [9.17, 15) is 5.11 Å². The predicted molar refractivity (Wildman–Crippen MR) is 101 cm³/mol. The van der Waals surface area contributed by atoms with E-state index in [1.165, 1.54) is 29.7 Å². The molecule has 0 amide bonds. The minimum absolute atomic E-state index is 0.0883. The lowest BCUT2D eigenvalue weighted by atomic mass is 9.83. The monoisotopic (exact) mass is 352 g/mol. The van der Waals surface area contributed by atoms with Crippen molar-refractivity contribution in [1.82, 2.24) is 9.80 Å². The third-order valence-electron chi connectivity index (χ3n) is 6.53. The summed E-state index contributed by atoms with van der Waals surface area (Å²) in [5.74, 6) is 0.592. The first-order valence-electron chi connectivity index (χ1n) is 10.1. The van der Waals surface area contributed by atoms with Gasteiger partial charge in [0, 0.05) is 25.6 Å². The van der Waals surface area contributed by atoms with Gasteiger partial charge in [0.25, 0.3) is 0 Å². The summed E-state index contributed by atoms with van der Waals surface area (Å²) in [7, 11) is 0. The van der Waals surface area contributed by atoms with Crippen molar-refractivity contribution < 1.29 is 9.84 Å². The number of rotatable bonds is 4. The predicted octanol–water partition coefficient (Wildman–Crippen LogP) is 3.08. The fraction of sp³-hybridized carbons (Fsp3) is 0.545. The first-order chi connectivity index (χ1) is 12.8. The SMILES string of the molecule is OC(O[C@H]1CN2CCC1C2)N1CCC2=CCCC=C2[C@@H]1c1ccccc1. The van der Waals surface area contributed by atoms with Gasteiger partial charge in [0.2, 0.25) is 6.41 Å². The molecule has 4 aliphatic rings. The van der Waals surface area contributed by atoms with Crippen LogP contribution in [0.4, 0.5) is 0 Å². The van der Waals surface area contributed by atoms with Crippen molar-refractivity contribution in [3.05, 3.63) is 59.2 Å². The molecular weight excluding hydrogens is 324 g/mol. The summed E-state index contributed by atoms with van der Waals surface area (Å²) < 4.78 is 6.21. The number of ether oxygens (including phenoxy) is 1. The average molecular weight is 352 g/mol. The number of nitrogens with zero attached hydrogens (tertiary/aromatic N) is 2. The number of hydrogen-bond acceptors (Lipinski definition) is 4. The zero-order chi connectivity index (χ0) is 17.5. The van der Waals surface area contributed by atoms with Crippen LogP contribution in [0.5, 0.6) is 0 Å². The molecule has 3 heterocycles. The molecule has 0 saturated carbocycles. The van der Waals surface area contributed by atoms with Crippen LogP contribution in [0.1, 0.15) is 37.3 Å². The van der Waals surface area contributed by atoms with E-state index in [1.807, 2.05) is 0 Å². The molecule has 4 heteroatoms. The molecule has 1 N–H and O–H groups in total. The van der Waals surface area contributed by atoms with Crippen LogP contribution in [0.2, 0.25) is 0 Å². The Morgan fingerprint density at radius 1 is 1.04 bits per heavy atom. The van der Waals surface area contributed by atoms with E-state index in [0.717, 1.165) is 38.9 Å². The van der Waals surface area contributed by atoms with Gasteiger partial charge in [0.1, 0.15) is 0 Å². The Balaban J connectivity index is 1.40. The molecule has 0 aromatic heterocycles. The number of fused-ring (bicyclic) bond motifs is 3. The van der Waals surface area contributed by atoms with Gasteiger partial charge in [0.05, 0.1) is 12.1 Å². The molecule has 5 rings (SSSR count). The average Bonchev–Trinajstić information content (AvgIpc) is 3.31. The van der Waals surface area contributed by atoms with Crippen molar-refractivity contribution in [3.63, 3.8) is 0 Å². The molecular formula is C22H28N2O2. The van der Waals surface area contributed by atoms with Gasteiger partial charge in [-0.05, 0) is 48.9 Å². The van der Waals surface area contributed by atoms with Gasteiger partial charge in [-0.1, -0.05) is 42.5 Å². The molecule has 0 spiro atoms. The van der Waals surface area contributed by atoms with Gasteiger partial charge < -0.3 is 14.7 Å². The normalized spacial score (nSPS) is 35.0. The number of piperidine rings is 2. The standard InChI is InChI=1S/C22H28N2O2/c25-22(26-20-15-23-12-10-18(20)14-23)24-13-11-16-6-4-5-9-19(16)21(24)17-7-2-1-3-8-17/h1-3,6-9,18,20-22,25H,4-5,10-15H2/t18?,20-,21-,22?/m0/s1. The Morgan fingerprint density at radius 3 is 2.65 bits per heavy atom. The fourth-order valence-electron chi connectivity index (χ4n) is 5.20. The van der Waals surface area contributed by atoms with E-state index in [4.69, 9.17) is 4.74 Å². The smallest absolute Gasteiger partial charge is 0.217 e. The van der Waals surface area contributed by atoms with E-state index in [2.05, 4.69) is 52.3 Å². The molecule has 3 unspecified atom stereocenters. The largest absolute Gasteiger partial charge is 0.356 e. The summed E-state index contributed by atoms with van der Waals surface area (Å²) in [5.41, 5.74) is 4.07. The topological polar surface area (TPSA) is 35.9 Å². The van der Waals surface area contributed by atoms with Crippen LogP contribution in [-0.2, 0) is 4.74 Å². The Kier molecular flexibility index (Phi) is 4.45. The number of aliphatic hydroxyl groups excluding tert-OH is 1. The van der Waals surface area contributed by atoms with E-state index >= 15 is 0 Å². The van der Waals surface area contributed by atoms with E-state index in [-0.39, 0.29) is 12.1 Å². The lowest BCUT2D eigenvalue weighted by Crippen LogP contribution is -2.47. The third kappa shape index (κ3) is 2.95. The second-order valence-corrected chi connectivity index (χ2v) is 8.08. The minimum Gasteiger partial charge on any atom is -0.356 e. The Bertz CT molecular complexity index is 714. The molecule has 3 fully saturated rings. The number of benzene rings is 1. The van der Waals surface area contributed by atoms with Gasteiger partial charge in [-0.2, -0.15) is 0 Å². The molecule has 138 valence electrons. The molecule has 4 nitrogen and oxygen atoms in total. The van der Waals surface area contributed by atoms with Crippen LogP contribution < -0.4 is 0 Å². The molecule has 0 radical (unpaired) electrons. The summed E-state index contributed by atoms with van der Waals surface area (Å²) >= 11 is 0. The van der Waals surface area contributed by atoms with Gasteiger partial charge >= 0.3 is 0 Å². The van der Waals surface area contributed by atoms with Gasteiger partial charge in [0.15, 0.2) is 0 Å². The van der Waals surface area contributed by atoms with Crippen molar-refractivity contribution >= 4 is 0 Å². The maximum Gasteiger partial charge on any atom is 0.217 e. The molecule has 1 aliphatic carbocycles. The minimum atomic E-state index is -0.838. The molecule has 2 bridgehead atoms. The molecule has 1 aromatic rings. The van der Waals surface area contributed by atoms with Gasteiger partial charge in [-0.3, -0.25) is 0 Å². The van der Waals surface area contributed by atoms with E-state index in [0.29, 0.717) is 5.92 Å². The van der Waals surface area contributed by atoms with Crippen molar-refractivity contribution in [2.24, 2.45) is 5.92 Å². The zero-order valence-corrected chi connectivity index (χ0v) is 15.3. The highest BCUT2D eigenvalue weighted by atomic mass is 16.6.